The van der Waals surface area contributed by atoms with E-state index in [1.54, 1.807) is 0 Å². The van der Waals surface area contributed by atoms with Crippen molar-refractivity contribution in [2.45, 2.75) is 23.8 Å². The highest BCUT2D eigenvalue weighted by molar-refractivity contribution is 7.89. The number of aliphatic hydroxyl groups is 1. The monoisotopic (exact) mass is 314 g/mol. The van der Waals surface area contributed by atoms with Crippen LogP contribution < -0.4 is 0 Å². The normalized spacial score (nSPS) is 15.3. The van der Waals surface area contributed by atoms with E-state index in [4.69, 9.17) is 5.11 Å². The van der Waals surface area contributed by atoms with E-state index in [1.807, 2.05) is 0 Å². The van der Waals surface area contributed by atoms with Crippen molar-refractivity contribution in [3.8, 4) is 0 Å². The smallest absolute Gasteiger partial charge is 0.352 e. The summed E-state index contributed by atoms with van der Waals surface area (Å²) in [6, 6.07) is 1.23. The number of rotatable bonds is 8. The Kier molecular flexibility index (Phi) is 4.50. The Balaban J connectivity index is 2.41. The van der Waals surface area contributed by atoms with Gasteiger partial charge in [0.05, 0.1) is 6.61 Å². The van der Waals surface area contributed by atoms with E-state index in [0.717, 1.165) is 17.1 Å². The molecule has 8 heteroatoms. The second-order valence-electron chi connectivity index (χ2n) is 4.88. The Bertz CT molecular complexity index is 646. The number of hydrogen-bond donors (Lipinski definition) is 2. The third-order valence-corrected chi connectivity index (χ3v) is 5.13. The molecule has 0 unspecified atom stereocenters. The van der Waals surface area contributed by atoms with Gasteiger partial charge >= 0.3 is 5.97 Å². The van der Waals surface area contributed by atoms with Crippen LogP contribution in [0.4, 0.5) is 0 Å². The van der Waals surface area contributed by atoms with Crippen molar-refractivity contribution in [3.63, 3.8) is 0 Å². The molecule has 1 aromatic rings. The average Bonchev–Trinajstić information content (AvgIpc) is 3.16. The van der Waals surface area contributed by atoms with E-state index in [0.29, 0.717) is 0 Å². The molecule has 0 saturated heterocycles. The van der Waals surface area contributed by atoms with E-state index in [1.165, 1.54) is 22.9 Å². The van der Waals surface area contributed by atoms with Gasteiger partial charge < -0.3 is 14.8 Å². The zero-order chi connectivity index (χ0) is 15.6. The molecule has 2 N–H and O–H groups in total. The molecule has 1 fully saturated rings. The molecule has 1 heterocycles. The number of hydrogen-bond acceptors (Lipinski definition) is 4. The van der Waals surface area contributed by atoms with Gasteiger partial charge in [-0.1, -0.05) is 6.08 Å². The van der Waals surface area contributed by atoms with Gasteiger partial charge in [0, 0.05) is 25.3 Å². The highest BCUT2D eigenvalue weighted by Crippen LogP contribution is 2.37. The number of sulfonamides is 1. The lowest BCUT2D eigenvalue weighted by molar-refractivity contribution is 0.0685. The first-order valence-electron chi connectivity index (χ1n) is 6.59. The summed E-state index contributed by atoms with van der Waals surface area (Å²) in [6.07, 6.45) is 4.48. The van der Waals surface area contributed by atoms with Crippen molar-refractivity contribution in [2.24, 2.45) is 0 Å². The maximum Gasteiger partial charge on any atom is 0.352 e. The number of carboxylic acid groups (broad SMARTS) is 1. The zero-order valence-corrected chi connectivity index (χ0v) is 12.3. The fourth-order valence-electron chi connectivity index (χ4n) is 2.14. The summed E-state index contributed by atoms with van der Waals surface area (Å²) < 4.78 is 27.6. The van der Waals surface area contributed by atoms with Gasteiger partial charge in [0.15, 0.2) is 0 Å². The summed E-state index contributed by atoms with van der Waals surface area (Å²) in [4.78, 5) is 11.2. The van der Waals surface area contributed by atoms with E-state index < -0.39 is 16.0 Å². The lowest BCUT2D eigenvalue weighted by Crippen LogP contribution is -2.33. The third-order valence-electron chi connectivity index (χ3n) is 3.30. The van der Waals surface area contributed by atoms with Crippen LogP contribution in [0.3, 0.4) is 0 Å². The minimum Gasteiger partial charge on any atom is -0.477 e. The SMILES string of the molecule is C=CCN(CCO)S(=O)(=O)c1cc(C(=O)O)n(C2CC2)c1. The molecular weight excluding hydrogens is 296 g/mol. The lowest BCUT2D eigenvalue weighted by Gasteiger charge is -2.18. The van der Waals surface area contributed by atoms with Gasteiger partial charge in [0.2, 0.25) is 10.0 Å². The van der Waals surface area contributed by atoms with Crippen molar-refractivity contribution in [3.05, 3.63) is 30.6 Å². The molecule has 1 aliphatic carbocycles. The summed E-state index contributed by atoms with van der Waals surface area (Å²) >= 11 is 0. The van der Waals surface area contributed by atoms with Gasteiger partial charge in [-0.05, 0) is 18.9 Å². The van der Waals surface area contributed by atoms with E-state index in [9.17, 15) is 18.3 Å². The van der Waals surface area contributed by atoms with Gasteiger partial charge in [0.1, 0.15) is 10.6 Å². The molecule has 0 spiro atoms. The number of aromatic carboxylic acids is 1. The van der Waals surface area contributed by atoms with Gasteiger partial charge in [-0.2, -0.15) is 4.31 Å². The van der Waals surface area contributed by atoms with Crippen LogP contribution in [-0.4, -0.2) is 53.2 Å². The quantitative estimate of drug-likeness (QED) is 0.688. The summed E-state index contributed by atoms with van der Waals surface area (Å²) in [7, 11) is -3.85. The highest BCUT2D eigenvalue weighted by Gasteiger charge is 2.32. The fourth-order valence-corrected chi connectivity index (χ4v) is 3.56. The summed E-state index contributed by atoms with van der Waals surface area (Å²) in [5.41, 5.74) is -0.0290. The Morgan fingerprint density at radius 2 is 2.19 bits per heavy atom. The van der Waals surface area contributed by atoms with Crippen LogP contribution in [-0.2, 0) is 10.0 Å². The van der Waals surface area contributed by atoms with Gasteiger partial charge in [-0.15, -0.1) is 6.58 Å². The maximum absolute atomic E-state index is 12.5. The van der Waals surface area contributed by atoms with Crippen molar-refractivity contribution in [2.75, 3.05) is 19.7 Å². The third kappa shape index (κ3) is 3.17. The fraction of sp³-hybridized carbons (Fsp3) is 0.462. The van der Waals surface area contributed by atoms with Crippen molar-refractivity contribution >= 4 is 16.0 Å². The molecule has 7 nitrogen and oxygen atoms in total. The number of aliphatic hydroxyl groups excluding tert-OH is 1. The molecule has 1 saturated carbocycles. The van der Waals surface area contributed by atoms with Crippen molar-refractivity contribution in [1.82, 2.24) is 8.87 Å². The zero-order valence-electron chi connectivity index (χ0n) is 11.5. The van der Waals surface area contributed by atoms with Gasteiger partial charge in [0.25, 0.3) is 0 Å². The summed E-state index contributed by atoms with van der Waals surface area (Å²) in [5.74, 6) is -1.15. The summed E-state index contributed by atoms with van der Waals surface area (Å²) in [6.45, 7) is 3.17. The number of aromatic nitrogens is 1. The number of carboxylic acids is 1. The topological polar surface area (TPSA) is 99.8 Å². The largest absolute Gasteiger partial charge is 0.477 e. The Hall–Kier alpha value is -1.64. The average molecular weight is 314 g/mol. The first-order valence-corrected chi connectivity index (χ1v) is 8.03. The Morgan fingerprint density at radius 1 is 1.52 bits per heavy atom. The summed E-state index contributed by atoms with van der Waals surface area (Å²) in [5, 5.41) is 18.2. The Morgan fingerprint density at radius 3 is 2.67 bits per heavy atom. The molecular formula is C13H18N2O5S. The van der Waals surface area contributed by atoms with E-state index >= 15 is 0 Å². The molecule has 0 atom stereocenters. The van der Waals surface area contributed by atoms with E-state index in [-0.39, 0.29) is 36.3 Å². The molecule has 0 radical (unpaired) electrons. The standard InChI is InChI=1S/C13H18N2O5S/c1-2-5-14(6-7-16)21(19,20)11-8-12(13(17)18)15(9-11)10-3-4-10/h2,8-10,16H,1,3-7H2,(H,17,18). The second-order valence-corrected chi connectivity index (χ2v) is 6.82. The van der Waals surface area contributed by atoms with E-state index in [2.05, 4.69) is 6.58 Å². The molecule has 1 aliphatic rings. The number of nitrogens with zero attached hydrogens (tertiary/aromatic N) is 2. The highest BCUT2D eigenvalue weighted by atomic mass is 32.2. The van der Waals surface area contributed by atoms with Crippen LogP contribution in [0.2, 0.25) is 0 Å². The maximum atomic E-state index is 12.5. The molecule has 0 bridgehead atoms. The van der Waals surface area contributed by atoms with Crippen LogP contribution in [0, 0.1) is 0 Å². The molecule has 0 aromatic carbocycles. The van der Waals surface area contributed by atoms with Crippen molar-refractivity contribution < 1.29 is 23.4 Å². The van der Waals surface area contributed by atoms with Crippen LogP contribution in [0.15, 0.2) is 29.8 Å². The van der Waals surface area contributed by atoms with Gasteiger partial charge in [-0.25, -0.2) is 13.2 Å². The molecule has 0 aliphatic heterocycles. The van der Waals surface area contributed by atoms with Crippen molar-refractivity contribution in [1.29, 1.82) is 0 Å². The molecule has 1 aromatic heterocycles. The predicted molar refractivity (Wildman–Crippen MR) is 75.7 cm³/mol. The Labute approximate surface area is 123 Å². The minimum atomic E-state index is -3.85. The number of carbonyl (C=O) groups is 1. The molecule has 21 heavy (non-hydrogen) atoms. The first-order chi connectivity index (χ1) is 9.91. The first kappa shape index (κ1) is 15.7. The minimum absolute atomic E-state index is 0.0290. The van der Waals surface area contributed by atoms with Gasteiger partial charge in [-0.3, -0.25) is 0 Å². The lowest BCUT2D eigenvalue weighted by atomic mass is 10.4. The van der Waals surface area contributed by atoms with Crippen LogP contribution in [0.25, 0.3) is 0 Å². The van der Waals surface area contributed by atoms with Crippen LogP contribution in [0.5, 0.6) is 0 Å². The predicted octanol–water partition coefficient (Wildman–Crippen LogP) is 0.690. The second kappa shape index (κ2) is 6.00. The van der Waals surface area contributed by atoms with Crippen LogP contribution >= 0.6 is 0 Å². The van der Waals surface area contributed by atoms with Crippen LogP contribution in [0.1, 0.15) is 29.4 Å². The molecule has 116 valence electrons. The molecule has 0 amide bonds. The molecule has 2 rings (SSSR count).